The summed E-state index contributed by atoms with van der Waals surface area (Å²) >= 11 is 0. The minimum atomic E-state index is -2.22. The van der Waals surface area contributed by atoms with Gasteiger partial charge in [0.05, 0.1) is 6.10 Å². The van der Waals surface area contributed by atoms with E-state index in [-0.39, 0.29) is 35.5 Å². The van der Waals surface area contributed by atoms with Crippen LogP contribution in [0, 0.1) is 46.3 Å². The summed E-state index contributed by atoms with van der Waals surface area (Å²) in [4.78, 5) is 11.2. The van der Waals surface area contributed by atoms with Crippen molar-refractivity contribution < 1.29 is 35.4 Å². The first-order valence-electron chi connectivity index (χ1n) is 13.1. The van der Waals surface area contributed by atoms with Crippen molar-refractivity contribution in [2.45, 2.75) is 103 Å². The van der Waals surface area contributed by atoms with Crippen molar-refractivity contribution in [2.24, 2.45) is 46.3 Å². The molecule has 0 radical (unpaired) electrons. The molecule has 7 unspecified atom stereocenters. The van der Waals surface area contributed by atoms with Crippen LogP contribution in [0.1, 0.15) is 85.5 Å². The topological polar surface area (TPSA) is 138 Å². The lowest BCUT2D eigenvalue weighted by atomic mass is 9.46. The van der Waals surface area contributed by atoms with Crippen LogP contribution in [-0.4, -0.2) is 54.3 Å². The second kappa shape index (κ2) is 8.55. The number of hydrogen-bond acceptors (Lipinski definition) is 6. The molecule has 3 fully saturated rings. The molecule has 7 nitrogen and oxygen atoms in total. The van der Waals surface area contributed by atoms with Crippen LogP contribution in [0.3, 0.4) is 0 Å². The molecule has 0 amide bonds. The van der Waals surface area contributed by atoms with Gasteiger partial charge in [-0.05, 0) is 85.9 Å². The molecular formula is C27H44O7. The molecule has 4 aliphatic carbocycles. The van der Waals surface area contributed by atoms with Crippen molar-refractivity contribution in [2.75, 3.05) is 0 Å². The highest BCUT2D eigenvalue weighted by molar-refractivity contribution is 5.70. The van der Waals surface area contributed by atoms with Gasteiger partial charge in [0.25, 0.3) is 0 Å². The molecule has 4 aliphatic rings. The quantitative estimate of drug-likeness (QED) is 0.254. The highest BCUT2D eigenvalue weighted by atomic mass is 16.5. The molecule has 0 heterocycles. The van der Waals surface area contributed by atoms with Crippen LogP contribution < -0.4 is 0 Å². The third kappa shape index (κ3) is 4.15. The van der Waals surface area contributed by atoms with Gasteiger partial charge in [-0.25, -0.2) is 0 Å². The van der Waals surface area contributed by atoms with Gasteiger partial charge in [0, 0.05) is 19.3 Å². The average Bonchev–Trinajstić information content (AvgIpc) is 3.09. The number of hydrogen-bond donors (Lipinski definition) is 6. The molecule has 0 aromatic carbocycles. The molecule has 9 atom stereocenters. The molecule has 0 spiro atoms. The highest BCUT2D eigenvalue weighted by Crippen LogP contribution is 2.67. The molecule has 0 aromatic rings. The summed E-state index contributed by atoms with van der Waals surface area (Å²) in [5.41, 5.74) is 0.935. The van der Waals surface area contributed by atoms with Crippen LogP contribution >= 0.6 is 0 Å². The van der Waals surface area contributed by atoms with E-state index in [1.807, 2.05) is 6.08 Å². The standard InChI is InChI=1S/C27H44O7/c1-15(7-10-27(33,34)16(2)23(29)30)18-5-6-19-22-20(8-9-25(18,19)4)24(3)11-12-26(31,32)14-17(24)13-21(22)28/h13,15-16,18-22,28,31-34H,5-12,14H2,1-4H3,(H,29,30)/t15?,16?,18?,19?,20?,21?,22?,24-,25+/m0/s1. The third-order valence-electron chi connectivity index (χ3n) is 11.0. The Hall–Kier alpha value is -0.990. The Bertz CT molecular complexity index is 835. The zero-order valence-electron chi connectivity index (χ0n) is 21.1. The molecular weight excluding hydrogens is 436 g/mol. The Morgan fingerprint density at radius 2 is 1.76 bits per heavy atom. The summed E-state index contributed by atoms with van der Waals surface area (Å²) in [5.74, 6) is -4.91. The fourth-order valence-corrected chi connectivity index (χ4v) is 8.65. The minimum absolute atomic E-state index is 0.0296. The third-order valence-corrected chi connectivity index (χ3v) is 11.0. The monoisotopic (exact) mass is 480 g/mol. The molecule has 0 bridgehead atoms. The molecule has 7 heteroatoms. The number of fused-ring (bicyclic) bond motifs is 5. The van der Waals surface area contributed by atoms with Gasteiger partial charge in [0.15, 0.2) is 11.6 Å². The summed E-state index contributed by atoms with van der Waals surface area (Å²) in [6.45, 7) is 8.07. The van der Waals surface area contributed by atoms with E-state index in [4.69, 9.17) is 0 Å². The maximum atomic E-state index is 11.3. The smallest absolute Gasteiger partial charge is 0.311 e. The largest absolute Gasteiger partial charge is 0.481 e. The van der Waals surface area contributed by atoms with Crippen molar-refractivity contribution in [1.82, 2.24) is 0 Å². The number of aliphatic hydroxyl groups is 5. The van der Waals surface area contributed by atoms with Crippen LogP contribution in [0.25, 0.3) is 0 Å². The molecule has 0 saturated heterocycles. The second-order valence-corrected chi connectivity index (χ2v) is 12.7. The summed E-state index contributed by atoms with van der Waals surface area (Å²) in [5, 5.41) is 61.5. The minimum Gasteiger partial charge on any atom is -0.481 e. The normalized spacial score (nSPS) is 43.2. The van der Waals surface area contributed by atoms with Gasteiger partial charge < -0.3 is 30.6 Å². The number of carbonyl (C=O) groups is 1. The first kappa shape index (κ1) is 26.1. The Morgan fingerprint density at radius 3 is 2.41 bits per heavy atom. The maximum absolute atomic E-state index is 11.3. The van der Waals surface area contributed by atoms with Crippen molar-refractivity contribution in [1.29, 1.82) is 0 Å². The SMILES string of the molecule is CC(CCC(O)(O)C(C)C(=O)O)C1CCC2C3C(O)C=C4CC(O)(O)CC[C@]4(C)C3CC[C@]12C. The lowest BCUT2D eigenvalue weighted by Crippen LogP contribution is -2.56. The Balaban J connectivity index is 1.51. The highest BCUT2D eigenvalue weighted by Gasteiger charge is 2.61. The van der Waals surface area contributed by atoms with Crippen molar-refractivity contribution in [3.8, 4) is 0 Å². The van der Waals surface area contributed by atoms with E-state index in [2.05, 4.69) is 20.8 Å². The summed E-state index contributed by atoms with van der Waals surface area (Å²) in [6.07, 6.45) is 7.31. The molecule has 3 saturated carbocycles. The lowest BCUT2D eigenvalue weighted by molar-refractivity contribution is -0.212. The first-order valence-corrected chi connectivity index (χ1v) is 13.1. The summed E-state index contributed by atoms with van der Waals surface area (Å²) < 4.78 is 0. The van der Waals surface area contributed by atoms with E-state index in [1.165, 1.54) is 6.92 Å². The van der Waals surface area contributed by atoms with Crippen LogP contribution in [0.5, 0.6) is 0 Å². The lowest BCUT2D eigenvalue weighted by Gasteiger charge is -2.60. The average molecular weight is 481 g/mol. The second-order valence-electron chi connectivity index (χ2n) is 12.7. The van der Waals surface area contributed by atoms with E-state index >= 15 is 0 Å². The van der Waals surface area contributed by atoms with E-state index in [0.29, 0.717) is 30.6 Å². The molecule has 0 aliphatic heterocycles. The van der Waals surface area contributed by atoms with E-state index in [9.17, 15) is 35.4 Å². The zero-order valence-corrected chi connectivity index (χ0v) is 21.1. The van der Waals surface area contributed by atoms with Crippen molar-refractivity contribution in [3.05, 3.63) is 11.6 Å². The molecule has 0 aromatic heterocycles. The molecule has 34 heavy (non-hydrogen) atoms. The Morgan fingerprint density at radius 1 is 1.09 bits per heavy atom. The van der Waals surface area contributed by atoms with Gasteiger partial charge in [-0.15, -0.1) is 0 Å². The number of aliphatic carboxylic acids is 1. The van der Waals surface area contributed by atoms with E-state index in [0.717, 1.165) is 37.7 Å². The number of carboxylic acids is 1. The van der Waals surface area contributed by atoms with Gasteiger partial charge in [-0.3, -0.25) is 4.79 Å². The summed E-state index contributed by atoms with van der Waals surface area (Å²) in [6, 6.07) is 0. The van der Waals surface area contributed by atoms with Crippen molar-refractivity contribution in [3.63, 3.8) is 0 Å². The fraction of sp³-hybridized carbons (Fsp3) is 0.889. The maximum Gasteiger partial charge on any atom is 0.311 e. The molecule has 6 N–H and O–H groups in total. The Kier molecular flexibility index (Phi) is 6.56. The van der Waals surface area contributed by atoms with Crippen molar-refractivity contribution >= 4 is 5.97 Å². The first-order chi connectivity index (χ1) is 15.6. The Labute approximate surface area is 202 Å². The zero-order chi connectivity index (χ0) is 25.3. The summed E-state index contributed by atoms with van der Waals surface area (Å²) in [7, 11) is 0. The van der Waals surface area contributed by atoms with Crippen LogP contribution in [0.4, 0.5) is 0 Å². The van der Waals surface area contributed by atoms with E-state index < -0.39 is 29.6 Å². The van der Waals surface area contributed by atoms with Gasteiger partial charge in [0.1, 0.15) is 5.92 Å². The molecule has 194 valence electrons. The number of rotatable bonds is 6. The van der Waals surface area contributed by atoms with Crippen LogP contribution in [0.15, 0.2) is 11.6 Å². The van der Waals surface area contributed by atoms with Gasteiger partial charge in [-0.2, -0.15) is 0 Å². The fourth-order valence-electron chi connectivity index (χ4n) is 8.65. The van der Waals surface area contributed by atoms with Crippen LogP contribution in [0.2, 0.25) is 0 Å². The predicted octanol–water partition coefficient (Wildman–Crippen LogP) is 3.04. The predicted molar refractivity (Wildman–Crippen MR) is 126 cm³/mol. The number of aliphatic hydroxyl groups excluding tert-OH is 1. The van der Waals surface area contributed by atoms with Crippen LogP contribution in [-0.2, 0) is 4.79 Å². The number of carboxylic acid groups (broad SMARTS) is 1. The van der Waals surface area contributed by atoms with Gasteiger partial charge in [0.2, 0.25) is 0 Å². The van der Waals surface area contributed by atoms with Gasteiger partial charge >= 0.3 is 5.97 Å². The molecule has 4 rings (SSSR count). The van der Waals surface area contributed by atoms with Gasteiger partial charge in [-0.1, -0.05) is 32.4 Å². The van der Waals surface area contributed by atoms with E-state index in [1.54, 1.807) is 0 Å².